The summed E-state index contributed by atoms with van der Waals surface area (Å²) in [5, 5.41) is 21.5. The summed E-state index contributed by atoms with van der Waals surface area (Å²) in [4.78, 5) is 15.1. The van der Waals surface area contributed by atoms with Gasteiger partial charge in [0.25, 0.3) is 0 Å². The number of aromatic carboxylic acids is 1. The maximum Gasteiger partial charge on any atom is 0.339 e. The van der Waals surface area contributed by atoms with E-state index in [1.54, 1.807) is 18.3 Å². The predicted octanol–water partition coefficient (Wildman–Crippen LogP) is 1.74. The van der Waals surface area contributed by atoms with Gasteiger partial charge >= 0.3 is 5.97 Å². The van der Waals surface area contributed by atoms with Crippen LogP contribution in [0.4, 0.5) is 5.82 Å². The van der Waals surface area contributed by atoms with Crippen LogP contribution in [0.15, 0.2) is 18.3 Å². The van der Waals surface area contributed by atoms with E-state index >= 15 is 0 Å². The minimum absolute atomic E-state index is 0.161. The molecule has 1 saturated carbocycles. The van der Waals surface area contributed by atoms with Gasteiger partial charge in [-0.3, -0.25) is 0 Å². The molecule has 0 amide bonds. The van der Waals surface area contributed by atoms with Crippen molar-refractivity contribution in [2.24, 2.45) is 5.92 Å². The molecule has 5 nitrogen and oxygen atoms in total. The van der Waals surface area contributed by atoms with E-state index in [4.69, 9.17) is 5.11 Å². The van der Waals surface area contributed by atoms with Crippen molar-refractivity contribution in [1.82, 2.24) is 4.98 Å². The zero-order valence-electron chi connectivity index (χ0n) is 10.2. The van der Waals surface area contributed by atoms with Gasteiger partial charge in [0.1, 0.15) is 11.4 Å². The highest BCUT2D eigenvalue weighted by atomic mass is 16.4. The van der Waals surface area contributed by atoms with E-state index in [9.17, 15) is 9.90 Å². The van der Waals surface area contributed by atoms with Gasteiger partial charge in [-0.2, -0.15) is 0 Å². The van der Waals surface area contributed by atoms with Crippen LogP contribution < -0.4 is 5.32 Å². The second-order valence-electron chi connectivity index (χ2n) is 4.76. The molecule has 18 heavy (non-hydrogen) atoms. The lowest BCUT2D eigenvalue weighted by Crippen LogP contribution is -2.24. The van der Waals surface area contributed by atoms with Gasteiger partial charge in [0.2, 0.25) is 0 Å². The van der Waals surface area contributed by atoms with Crippen LogP contribution in [0.2, 0.25) is 0 Å². The van der Waals surface area contributed by atoms with Crippen molar-refractivity contribution >= 4 is 11.8 Å². The number of pyridine rings is 1. The summed E-state index contributed by atoms with van der Waals surface area (Å²) in [5.41, 5.74) is 0.202. The normalized spacial score (nSPS) is 23.6. The number of aliphatic hydroxyl groups is 1. The SMILES string of the molecule is O=C(O)c1cccnc1NCC1CCC(O)CC1. The monoisotopic (exact) mass is 250 g/mol. The van der Waals surface area contributed by atoms with Crippen molar-refractivity contribution in [3.05, 3.63) is 23.9 Å². The number of anilines is 1. The first kappa shape index (κ1) is 12.8. The maximum atomic E-state index is 11.0. The summed E-state index contributed by atoms with van der Waals surface area (Å²) in [6.45, 7) is 0.712. The Balaban J connectivity index is 1.92. The van der Waals surface area contributed by atoms with Crippen LogP contribution in [-0.4, -0.2) is 33.8 Å². The van der Waals surface area contributed by atoms with Crippen LogP contribution in [0.3, 0.4) is 0 Å². The van der Waals surface area contributed by atoms with E-state index in [-0.39, 0.29) is 11.7 Å². The fourth-order valence-electron chi connectivity index (χ4n) is 2.31. The van der Waals surface area contributed by atoms with Gasteiger partial charge in [-0.05, 0) is 43.7 Å². The van der Waals surface area contributed by atoms with E-state index in [0.717, 1.165) is 25.7 Å². The number of nitrogens with zero attached hydrogens (tertiary/aromatic N) is 1. The van der Waals surface area contributed by atoms with Crippen LogP contribution in [0.1, 0.15) is 36.0 Å². The van der Waals surface area contributed by atoms with Crippen LogP contribution in [0.25, 0.3) is 0 Å². The van der Waals surface area contributed by atoms with Crippen molar-refractivity contribution in [2.45, 2.75) is 31.8 Å². The topological polar surface area (TPSA) is 82.5 Å². The molecule has 0 unspecified atom stereocenters. The number of carboxylic acid groups (broad SMARTS) is 1. The summed E-state index contributed by atoms with van der Waals surface area (Å²) >= 11 is 0. The number of aliphatic hydroxyl groups excluding tert-OH is 1. The largest absolute Gasteiger partial charge is 0.478 e. The lowest BCUT2D eigenvalue weighted by molar-refractivity contribution is 0.0697. The van der Waals surface area contributed by atoms with Crippen molar-refractivity contribution in [2.75, 3.05) is 11.9 Å². The summed E-state index contributed by atoms with van der Waals surface area (Å²) in [6.07, 6.45) is 5.04. The highest BCUT2D eigenvalue weighted by Gasteiger charge is 2.20. The molecule has 1 heterocycles. The molecule has 1 fully saturated rings. The summed E-state index contributed by atoms with van der Waals surface area (Å²) in [5.74, 6) is -0.0576. The molecule has 1 aliphatic carbocycles. The molecule has 3 N–H and O–H groups in total. The number of hydrogen-bond acceptors (Lipinski definition) is 4. The van der Waals surface area contributed by atoms with Crippen molar-refractivity contribution in [3.8, 4) is 0 Å². The van der Waals surface area contributed by atoms with Gasteiger partial charge in [0, 0.05) is 12.7 Å². The molecule has 0 spiro atoms. The number of nitrogens with one attached hydrogen (secondary N) is 1. The van der Waals surface area contributed by atoms with Crippen LogP contribution in [0.5, 0.6) is 0 Å². The molecule has 0 aromatic carbocycles. The Morgan fingerprint density at radius 2 is 2.11 bits per heavy atom. The zero-order valence-corrected chi connectivity index (χ0v) is 10.2. The standard InChI is InChI=1S/C13H18N2O3/c16-10-5-3-9(4-6-10)8-15-12-11(13(17)18)2-1-7-14-12/h1-2,7,9-10,16H,3-6,8H2,(H,14,15)(H,17,18). The van der Waals surface area contributed by atoms with Crippen molar-refractivity contribution < 1.29 is 15.0 Å². The van der Waals surface area contributed by atoms with E-state index in [2.05, 4.69) is 10.3 Å². The van der Waals surface area contributed by atoms with Gasteiger partial charge < -0.3 is 15.5 Å². The van der Waals surface area contributed by atoms with E-state index < -0.39 is 5.97 Å². The number of hydrogen-bond donors (Lipinski definition) is 3. The van der Waals surface area contributed by atoms with E-state index in [1.807, 2.05) is 0 Å². The minimum atomic E-state index is -0.968. The van der Waals surface area contributed by atoms with E-state index in [0.29, 0.717) is 18.3 Å². The first-order valence-electron chi connectivity index (χ1n) is 6.27. The summed E-state index contributed by atoms with van der Waals surface area (Å²) in [6, 6.07) is 3.16. The van der Waals surface area contributed by atoms with Crippen LogP contribution in [0, 0.1) is 5.92 Å². The predicted molar refractivity (Wildman–Crippen MR) is 67.7 cm³/mol. The van der Waals surface area contributed by atoms with Crippen molar-refractivity contribution in [1.29, 1.82) is 0 Å². The number of rotatable bonds is 4. The van der Waals surface area contributed by atoms with E-state index in [1.165, 1.54) is 0 Å². The molecule has 0 saturated heterocycles. The average Bonchev–Trinajstić information content (AvgIpc) is 2.38. The molecule has 0 radical (unpaired) electrons. The molecule has 98 valence electrons. The van der Waals surface area contributed by atoms with Gasteiger partial charge in [0.15, 0.2) is 0 Å². The molecule has 5 heteroatoms. The Kier molecular flexibility index (Phi) is 4.15. The minimum Gasteiger partial charge on any atom is -0.478 e. The molecule has 2 rings (SSSR count). The zero-order chi connectivity index (χ0) is 13.0. The lowest BCUT2D eigenvalue weighted by Gasteiger charge is -2.25. The highest BCUT2D eigenvalue weighted by Crippen LogP contribution is 2.24. The quantitative estimate of drug-likeness (QED) is 0.758. The van der Waals surface area contributed by atoms with Gasteiger partial charge in [0.05, 0.1) is 6.10 Å². The number of carbonyl (C=O) groups is 1. The number of aromatic nitrogens is 1. The van der Waals surface area contributed by atoms with Gasteiger partial charge in [-0.1, -0.05) is 0 Å². The molecule has 0 atom stereocenters. The highest BCUT2D eigenvalue weighted by molar-refractivity contribution is 5.92. The smallest absolute Gasteiger partial charge is 0.339 e. The molecule has 0 bridgehead atoms. The molecule has 0 aliphatic heterocycles. The van der Waals surface area contributed by atoms with Gasteiger partial charge in [-0.15, -0.1) is 0 Å². The van der Waals surface area contributed by atoms with Crippen LogP contribution in [-0.2, 0) is 0 Å². The Bertz CT molecular complexity index is 414. The molecular weight excluding hydrogens is 232 g/mol. The molecular formula is C13H18N2O3. The maximum absolute atomic E-state index is 11.0. The Morgan fingerprint density at radius 1 is 1.39 bits per heavy atom. The van der Waals surface area contributed by atoms with Crippen LogP contribution >= 0.6 is 0 Å². The lowest BCUT2D eigenvalue weighted by atomic mass is 9.87. The summed E-state index contributed by atoms with van der Waals surface area (Å²) < 4.78 is 0. The fourth-order valence-corrected chi connectivity index (χ4v) is 2.31. The fraction of sp³-hybridized carbons (Fsp3) is 0.538. The second-order valence-corrected chi connectivity index (χ2v) is 4.76. The Labute approximate surface area is 106 Å². The first-order chi connectivity index (χ1) is 8.66. The van der Waals surface area contributed by atoms with Crippen molar-refractivity contribution in [3.63, 3.8) is 0 Å². The third kappa shape index (κ3) is 3.20. The third-order valence-corrected chi connectivity index (χ3v) is 3.41. The molecule has 1 aliphatic rings. The molecule has 1 aromatic rings. The number of carboxylic acids is 1. The van der Waals surface area contributed by atoms with Gasteiger partial charge in [-0.25, -0.2) is 9.78 Å². The second kappa shape index (κ2) is 5.82. The Hall–Kier alpha value is -1.62. The average molecular weight is 250 g/mol. The Morgan fingerprint density at radius 3 is 2.78 bits per heavy atom. The molecule has 1 aromatic heterocycles. The summed E-state index contributed by atoms with van der Waals surface area (Å²) in [7, 11) is 0. The first-order valence-corrected chi connectivity index (χ1v) is 6.27. The third-order valence-electron chi connectivity index (χ3n) is 3.41.